The molecule has 0 spiro atoms. The van der Waals surface area contributed by atoms with Crippen LogP contribution in [0.1, 0.15) is 15.9 Å². The van der Waals surface area contributed by atoms with Crippen molar-refractivity contribution >= 4 is 37.8 Å². The van der Waals surface area contributed by atoms with E-state index in [9.17, 15) is 9.18 Å². The van der Waals surface area contributed by atoms with Gasteiger partial charge in [-0.25, -0.2) is 4.39 Å². The number of benzene rings is 2. The standard InChI is InChI=1S/C14H10Br2FNO/c15-10-6-4-9(5-7-10)8-18-14(19)11-2-1-3-12(16)13(11)17/h1-7H,8H2,(H,18,19). The third kappa shape index (κ3) is 3.64. The van der Waals surface area contributed by atoms with Crippen LogP contribution in [-0.2, 0) is 6.54 Å². The van der Waals surface area contributed by atoms with Crippen LogP contribution in [-0.4, -0.2) is 5.91 Å². The van der Waals surface area contributed by atoms with E-state index in [-0.39, 0.29) is 10.0 Å². The average Bonchev–Trinajstić information content (AvgIpc) is 2.41. The summed E-state index contributed by atoms with van der Waals surface area (Å²) in [5, 5.41) is 2.69. The van der Waals surface area contributed by atoms with E-state index in [1.54, 1.807) is 12.1 Å². The third-order valence-corrected chi connectivity index (χ3v) is 3.70. The summed E-state index contributed by atoms with van der Waals surface area (Å²) in [6, 6.07) is 12.2. The van der Waals surface area contributed by atoms with Gasteiger partial charge in [-0.05, 0) is 45.8 Å². The SMILES string of the molecule is O=C(NCc1ccc(Br)cc1)c1cccc(Br)c1F. The number of halogens is 3. The molecule has 0 radical (unpaired) electrons. The van der Waals surface area contributed by atoms with E-state index in [4.69, 9.17) is 0 Å². The molecule has 2 aromatic carbocycles. The lowest BCUT2D eigenvalue weighted by molar-refractivity contribution is 0.0946. The average molecular weight is 387 g/mol. The van der Waals surface area contributed by atoms with Crippen molar-refractivity contribution in [3.63, 3.8) is 0 Å². The minimum absolute atomic E-state index is 0.0338. The smallest absolute Gasteiger partial charge is 0.254 e. The number of nitrogens with one attached hydrogen (secondary N) is 1. The molecule has 0 fully saturated rings. The predicted octanol–water partition coefficient (Wildman–Crippen LogP) is 4.28. The summed E-state index contributed by atoms with van der Waals surface area (Å²) in [4.78, 5) is 11.9. The Morgan fingerprint density at radius 1 is 1.11 bits per heavy atom. The molecule has 0 aliphatic heterocycles. The molecule has 0 heterocycles. The molecule has 5 heteroatoms. The molecule has 2 aromatic rings. The molecule has 19 heavy (non-hydrogen) atoms. The van der Waals surface area contributed by atoms with Crippen LogP contribution in [0.2, 0.25) is 0 Å². The normalized spacial score (nSPS) is 10.3. The van der Waals surface area contributed by atoms with E-state index < -0.39 is 11.7 Å². The van der Waals surface area contributed by atoms with Crippen LogP contribution in [0, 0.1) is 5.82 Å². The van der Waals surface area contributed by atoms with Crippen molar-refractivity contribution in [3.05, 3.63) is 68.4 Å². The first kappa shape index (κ1) is 14.2. The van der Waals surface area contributed by atoms with Crippen LogP contribution in [0.3, 0.4) is 0 Å². The molecule has 0 atom stereocenters. The van der Waals surface area contributed by atoms with E-state index >= 15 is 0 Å². The second-order valence-electron chi connectivity index (χ2n) is 3.91. The quantitative estimate of drug-likeness (QED) is 0.837. The highest BCUT2D eigenvalue weighted by Gasteiger charge is 2.13. The zero-order valence-electron chi connectivity index (χ0n) is 9.79. The zero-order valence-corrected chi connectivity index (χ0v) is 13.0. The maximum atomic E-state index is 13.7. The fraction of sp³-hybridized carbons (Fsp3) is 0.0714. The maximum Gasteiger partial charge on any atom is 0.254 e. The Bertz CT molecular complexity index is 599. The molecule has 2 rings (SSSR count). The van der Waals surface area contributed by atoms with Gasteiger partial charge in [0.05, 0.1) is 10.0 Å². The van der Waals surface area contributed by atoms with Gasteiger partial charge in [0.1, 0.15) is 5.82 Å². The number of hydrogen-bond donors (Lipinski definition) is 1. The van der Waals surface area contributed by atoms with Crippen molar-refractivity contribution in [2.45, 2.75) is 6.54 Å². The second kappa shape index (κ2) is 6.30. The minimum atomic E-state index is -0.546. The molecule has 0 saturated heterocycles. The summed E-state index contributed by atoms with van der Waals surface area (Å²) < 4.78 is 15.0. The molecule has 0 unspecified atom stereocenters. The summed E-state index contributed by atoms with van der Waals surface area (Å²) in [6.07, 6.45) is 0. The Kier molecular flexibility index (Phi) is 4.71. The molecule has 0 aliphatic rings. The Balaban J connectivity index is 2.05. The lowest BCUT2D eigenvalue weighted by atomic mass is 10.2. The van der Waals surface area contributed by atoms with Gasteiger partial charge < -0.3 is 5.32 Å². The van der Waals surface area contributed by atoms with Crippen LogP contribution >= 0.6 is 31.9 Å². The van der Waals surface area contributed by atoms with E-state index in [1.807, 2.05) is 24.3 Å². The van der Waals surface area contributed by atoms with Gasteiger partial charge in [0.2, 0.25) is 0 Å². The second-order valence-corrected chi connectivity index (χ2v) is 5.68. The van der Waals surface area contributed by atoms with Gasteiger partial charge in [0.25, 0.3) is 5.91 Å². The van der Waals surface area contributed by atoms with Gasteiger partial charge in [0, 0.05) is 11.0 Å². The van der Waals surface area contributed by atoms with Crippen LogP contribution in [0.4, 0.5) is 4.39 Å². The Labute approximate surface area is 127 Å². The first-order valence-electron chi connectivity index (χ1n) is 5.54. The van der Waals surface area contributed by atoms with Crippen molar-refractivity contribution in [1.82, 2.24) is 5.32 Å². The summed E-state index contributed by atoms with van der Waals surface area (Å²) in [7, 11) is 0. The monoisotopic (exact) mass is 385 g/mol. The van der Waals surface area contributed by atoms with Gasteiger partial charge >= 0.3 is 0 Å². The molecule has 1 N–H and O–H groups in total. The van der Waals surface area contributed by atoms with Crippen molar-refractivity contribution in [1.29, 1.82) is 0 Å². The number of amides is 1. The first-order valence-corrected chi connectivity index (χ1v) is 7.13. The van der Waals surface area contributed by atoms with E-state index in [0.29, 0.717) is 6.54 Å². The molecular formula is C14H10Br2FNO. The highest BCUT2D eigenvalue weighted by molar-refractivity contribution is 9.10. The topological polar surface area (TPSA) is 29.1 Å². The Morgan fingerprint density at radius 2 is 1.79 bits per heavy atom. The Morgan fingerprint density at radius 3 is 2.47 bits per heavy atom. The third-order valence-electron chi connectivity index (χ3n) is 2.56. The molecule has 98 valence electrons. The van der Waals surface area contributed by atoms with Gasteiger partial charge in [-0.2, -0.15) is 0 Å². The molecule has 2 nitrogen and oxygen atoms in total. The van der Waals surface area contributed by atoms with E-state index in [1.165, 1.54) is 6.07 Å². The van der Waals surface area contributed by atoms with Crippen LogP contribution in [0.25, 0.3) is 0 Å². The van der Waals surface area contributed by atoms with Crippen LogP contribution in [0.5, 0.6) is 0 Å². The first-order chi connectivity index (χ1) is 9.08. The summed E-state index contributed by atoms with van der Waals surface area (Å²) in [5.74, 6) is -0.975. The van der Waals surface area contributed by atoms with Crippen molar-refractivity contribution in [3.8, 4) is 0 Å². The predicted molar refractivity (Wildman–Crippen MR) is 79.4 cm³/mol. The molecular weight excluding hydrogens is 377 g/mol. The van der Waals surface area contributed by atoms with E-state index in [0.717, 1.165) is 10.0 Å². The number of rotatable bonds is 3. The molecule has 0 aromatic heterocycles. The largest absolute Gasteiger partial charge is 0.348 e. The lowest BCUT2D eigenvalue weighted by Crippen LogP contribution is -2.23. The fourth-order valence-corrected chi connectivity index (χ4v) is 2.19. The van der Waals surface area contributed by atoms with Gasteiger partial charge in [-0.15, -0.1) is 0 Å². The van der Waals surface area contributed by atoms with Crippen molar-refractivity contribution in [2.24, 2.45) is 0 Å². The van der Waals surface area contributed by atoms with Crippen LogP contribution < -0.4 is 5.32 Å². The summed E-state index contributed by atoms with van der Waals surface area (Å²) in [6.45, 7) is 0.359. The maximum absolute atomic E-state index is 13.7. The molecule has 0 bridgehead atoms. The summed E-state index contributed by atoms with van der Waals surface area (Å²) in [5.41, 5.74) is 0.985. The highest BCUT2D eigenvalue weighted by atomic mass is 79.9. The minimum Gasteiger partial charge on any atom is -0.348 e. The number of carbonyl (C=O) groups is 1. The number of carbonyl (C=O) groups excluding carboxylic acids is 1. The van der Waals surface area contributed by atoms with Crippen molar-refractivity contribution in [2.75, 3.05) is 0 Å². The fourth-order valence-electron chi connectivity index (χ4n) is 1.56. The van der Waals surface area contributed by atoms with E-state index in [2.05, 4.69) is 37.2 Å². The van der Waals surface area contributed by atoms with Gasteiger partial charge in [0.15, 0.2) is 0 Å². The lowest BCUT2D eigenvalue weighted by Gasteiger charge is -2.07. The zero-order chi connectivity index (χ0) is 13.8. The van der Waals surface area contributed by atoms with Gasteiger partial charge in [-0.1, -0.05) is 34.1 Å². The van der Waals surface area contributed by atoms with Crippen LogP contribution in [0.15, 0.2) is 51.4 Å². The number of hydrogen-bond acceptors (Lipinski definition) is 1. The summed E-state index contributed by atoms with van der Waals surface area (Å²) >= 11 is 6.40. The highest BCUT2D eigenvalue weighted by Crippen LogP contribution is 2.18. The van der Waals surface area contributed by atoms with Gasteiger partial charge in [-0.3, -0.25) is 4.79 Å². The molecule has 0 saturated carbocycles. The Hall–Kier alpha value is -1.20. The molecule has 1 amide bonds. The van der Waals surface area contributed by atoms with Crippen molar-refractivity contribution < 1.29 is 9.18 Å². The molecule has 0 aliphatic carbocycles.